The van der Waals surface area contributed by atoms with Gasteiger partial charge in [0.25, 0.3) is 11.8 Å². The van der Waals surface area contributed by atoms with E-state index < -0.39 is 48.5 Å². The van der Waals surface area contributed by atoms with Gasteiger partial charge in [-0.05, 0) is 38.1 Å². The Balaban J connectivity index is 1.55. The van der Waals surface area contributed by atoms with Gasteiger partial charge >= 0.3 is 18.0 Å². The van der Waals surface area contributed by atoms with E-state index in [4.69, 9.17) is 13.9 Å². The largest absolute Gasteiger partial charge is 0.467 e. The highest BCUT2D eigenvalue weighted by Gasteiger charge is 2.42. The molecule has 34 heavy (non-hydrogen) atoms. The number of rotatable bonds is 7. The fourth-order valence-corrected chi connectivity index (χ4v) is 3.78. The summed E-state index contributed by atoms with van der Waals surface area (Å²) in [4.78, 5) is 63.7. The van der Waals surface area contributed by atoms with E-state index in [1.165, 1.54) is 25.3 Å². The van der Waals surface area contributed by atoms with E-state index in [1.54, 1.807) is 31.2 Å². The van der Waals surface area contributed by atoms with Crippen molar-refractivity contribution in [3.05, 3.63) is 70.8 Å². The van der Waals surface area contributed by atoms with Crippen molar-refractivity contribution in [2.24, 2.45) is 0 Å². The summed E-state index contributed by atoms with van der Waals surface area (Å²) in [6.07, 6.45) is 1.38. The van der Waals surface area contributed by atoms with Crippen LogP contribution in [-0.2, 0) is 19.1 Å². The topological polar surface area (TPSA) is 144 Å². The van der Waals surface area contributed by atoms with Crippen molar-refractivity contribution < 1.29 is 37.9 Å². The summed E-state index contributed by atoms with van der Waals surface area (Å²) in [5.41, 5.74) is 0.391. The number of fused-ring (bicyclic) bond motifs is 1. The maximum atomic E-state index is 12.8. The van der Waals surface area contributed by atoms with Gasteiger partial charge in [-0.2, -0.15) is 0 Å². The van der Waals surface area contributed by atoms with Gasteiger partial charge in [0.15, 0.2) is 0 Å². The standard InChI is InChI=1S/C23H21N3O8/c1-3-32-22(30)17-15(24-23(31)25-18(17)16-9-6-10-33-16)11-34-21(29)12(2)26-19(27)13-7-4-5-8-14(13)20(26)28/h4-10,12,18H,3,11H2,1-2H3,(H2,24,25,31)/t12-,18-/m1/s1. The van der Waals surface area contributed by atoms with Crippen molar-refractivity contribution in [3.63, 3.8) is 0 Å². The monoisotopic (exact) mass is 467 g/mol. The van der Waals surface area contributed by atoms with Crippen molar-refractivity contribution in [2.75, 3.05) is 13.2 Å². The van der Waals surface area contributed by atoms with Gasteiger partial charge in [0, 0.05) is 0 Å². The highest BCUT2D eigenvalue weighted by Crippen LogP contribution is 2.29. The van der Waals surface area contributed by atoms with E-state index in [2.05, 4.69) is 10.6 Å². The number of amides is 4. The number of benzene rings is 1. The number of furan rings is 1. The van der Waals surface area contributed by atoms with Crippen molar-refractivity contribution in [2.45, 2.75) is 25.9 Å². The molecule has 0 saturated heterocycles. The van der Waals surface area contributed by atoms with E-state index in [9.17, 15) is 24.0 Å². The molecular formula is C23H21N3O8. The molecular weight excluding hydrogens is 446 g/mol. The predicted octanol–water partition coefficient (Wildman–Crippen LogP) is 1.68. The van der Waals surface area contributed by atoms with Crippen LogP contribution in [0.2, 0.25) is 0 Å². The Labute approximate surface area is 193 Å². The molecule has 2 aliphatic rings. The van der Waals surface area contributed by atoms with Gasteiger partial charge in [-0.3, -0.25) is 14.5 Å². The molecule has 11 heteroatoms. The van der Waals surface area contributed by atoms with Crippen LogP contribution in [0.4, 0.5) is 4.79 Å². The minimum atomic E-state index is -1.24. The third-order valence-electron chi connectivity index (χ3n) is 5.39. The second kappa shape index (κ2) is 9.22. The lowest BCUT2D eigenvalue weighted by Gasteiger charge is -2.28. The number of hydrogen-bond donors (Lipinski definition) is 2. The highest BCUT2D eigenvalue weighted by molar-refractivity contribution is 6.22. The Hall–Kier alpha value is -4.41. The fourth-order valence-electron chi connectivity index (χ4n) is 3.78. The van der Waals surface area contributed by atoms with Crippen molar-refractivity contribution in [3.8, 4) is 0 Å². The lowest BCUT2D eigenvalue weighted by Crippen LogP contribution is -2.48. The van der Waals surface area contributed by atoms with E-state index in [0.717, 1.165) is 4.90 Å². The van der Waals surface area contributed by atoms with E-state index in [0.29, 0.717) is 0 Å². The number of carbonyl (C=O) groups excluding carboxylic acids is 5. The molecule has 1 aromatic carbocycles. The van der Waals surface area contributed by atoms with Gasteiger partial charge in [0.05, 0.1) is 35.3 Å². The molecule has 0 fully saturated rings. The van der Waals surface area contributed by atoms with Crippen LogP contribution in [0.1, 0.15) is 46.4 Å². The molecule has 1 aromatic heterocycles. The molecule has 0 unspecified atom stereocenters. The normalized spacial score (nSPS) is 18.2. The Kier molecular flexibility index (Phi) is 6.17. The first-order valence-corrected chi connectivity index (χ1v) is 10.5. The highest BCUT2D eigenvalue weighted by atomic mass is 16.5. The Bertz CT molecular complexity index is 1170. The first-order valence-electron chi connectivity index (χ1n) is 10.5. The Morgan fingerprint density at radius 2 is 1.74 bits per heavy atom. The van der Waals surface area contributed by atoms with Crippen molar-refractivity contribution in [1.29, 1.82) is 0 Å². The SMILES string of the molecule is CCOC(=O)C1=C(COC(=O)[C@@H](C)N2C(=O)c3ccccc3C2=O)NC(=O)N[C@@H]1c1ccco1. The Morgan fingerprint density at radius 3 is 2.32 bits per heavy atom. The number of imide groups is 1. The van der Waals surface area contributed by atoms with Crippen LogP contribution < -0.4 is 10.6 Å². The number of nitrogens with zero attached hydrogens (tertiary/aromatic N) is 1. The smallest absolute Gasteiger partial charge is 0.338 e. The van der Waals surface area contributed by atoms with Crippen LogP contribution in [0.5, 0.6) is 0 Å². The molecule has 0 bridgehead atoms. The summed E-state index contributed by atoms with van der Waals surface area (Å²) < 4.78 is 15.7. The zero-order chi connectivity index (χ0) is 24.4. The summed E-state index contributed by atoms with van der Waals surface area (Å²) >= 11 is 0. The molecule has 4 amide bonds. The number of ether oxygens (including phenoxy) is 2. The van der Waals surface area contributed by atoms with Gasteiger partial charge < -0.3 is 24.5 Å². The second-order valence-electron chi connectivity index (χ2n) is 7.47. The minimum Gasteiger partial charge on any atom is -0.467 e. The molecule has 2 N–H and O–H groups in total. The maximum Gasteiger partial charge on any atom is 0.338 e. The molecule has 4 rings (SSSR count). The molecule has 176 valence electrons. The van der Waals surface area contributed by atoms with Crippen LogP contribution >= 0.6 is 0 Å². The molecule has 3 heterocycles. The van der Waals surface area contributed by atoms with Crippen LogP contribution in [0, 0.1) is 0 Å². The zero-order valence-electron chi connectivity index (χ0n) is 18.3. The number of carbonyl (C=O) groups is 5. The summed E-state index contributed by atoms with van der Waals surface area (Å²) in [6, 6.07) is 6.56. The first-order chi connectivity index (χ1) is 16.3. The van der Waals surface area contributed by atoms with Crippen LogP contribution in [0.3, 0.4) is 0 Å². The van der Waals surface area contributed by atoms with Crippen molar-refractivity contribution in [1.82, 2.24) is 15.5 Å². The molecule has 0 saturated carbocycles. The summed E-state index contributed by atoms with van der Waals surface area (Å²) in [5.74, 6) is -2.57. The minimum absolute atomic E-state index is 0.00224. The van der Waals surface area contributed by atoms with E-state index in [1.807, 2.05) is 0 Å². The van der Waals surface area contributed by atoms with Gasteiger partial charge in [0.2, 0.25) is 0 Å². The zero-order valence-corrected chi connectivity index (χ0v) is 18.3. The molecule has 2 aliphatic heterocycles. The van der Waals surface area contributed by atoms with Crippen LogP contribution in [0.25, 0.3) is 0 Å². The molecule has 2 aromatic rings. The molecule has 0 radical (unpaired) electrons. The number of esters is 2. The maximum absolute atomic E-state index is 12.8. The molecule has 0 aliphatic carbocycles. The number of nitrogens with one attached hydrogen (secondary N) is 2. The van der Waals surface area contributed by atoms with Gasteiger partial charge in [-0.25, -0.2) is 14.4 Å². The fraction of sp³-hybridized carbons (Fsp3) is 0.261. The lowest BCUT2D eigenvalue weighted by molar-refractivity contribution is -0.147. The number of hydrogen-bond acceptors (Lipinski definition) is 8. The van der Waals surface area contributed by atoms with Gasteiger partial charge in [-0.1, -0.05) is 12.1 Å². The predicted molar refractivity (Wildman–Crippen MR) is 114 cm³/mol. The third kappa shape index (κ3) is 4.03. The van der Waals surface area contributed by atoms with Gasteiger partial charge in [-0.15, -0.1) is 0 Å². The average Bonchev–Trinajstić information content (AvgIpc) is 3.44. The van der Waals surface area contributed by atoms with Crippen LogP contribution in [-0.4, -0.2) is 53.9 Å². The summed E-state index contributed by atoms with van der Waals surface area (Å²) in [6.45, 7) is 2.55. The quantitative estimate of drug-likeness (QED) is 0.462. The molecule has 11 nitrogen and oxygen atoms in total. The Morgan fingerprint density at radius 1 is 1.06 bits per heavy atom. The van der Waals surface area contributed by atoms with E-state index >= 15 is 0 Å². The molecule has 2 atom stereocenters. The summed E-state index contributed by atoms with van der Waals surface area (Å²) in [5, 5.41) is 5.03. The third-order valence-corrected chi connectivity index (χ3v) is 5.39. The first kappa shape index (κ1) is 22.8. The van der Waals surface area contributed by atoms with Crippen LogP contribution in [0.15, 0.2) is 58.3 Å². The number of urea groups is 1. The van der Waals surface area contributed by atoms with Crippen molar-refractivity contribution >= 4 is 29.8 Å². The average molecular weight is 467 g/mol. The molecule has 0 spiro atoms. The summed E-state index contributed by atoms with van der Waals surface area (Å²) in [7, 11) is 0. The lowest BCUT2D eigenvalue weighted by atomic mass is 10.0. The second-order valence-corrected chi connectivity index (χ2v) is 7.47. The van der Waals surface area contributed by atoms with E-state index in [-0.39, 0.29) is 34.8 Å². The van der Waals surface area contributed by atoms with Gasteiger partial charge in [0.1, 0.15) is 24.5 Å².